The summed E-state index contributed by atoms with van der Waals surface area (Å²) in [7, 11) is 0. The molecule has 4 nitrogen and oxygen atoms in total. The van der Waals surface area contributed by atoms with Gasteiger partial charge >= 0.3 is 0 Å². The van der Waals surface area contributed by atoms with E-state index in [1.54, 1.807) is 0 Å². The van der Waals surface area contributed by atoms with Crippen molar-refractivity contribution in [3.05, 3.63) is 59.8 Å². The van der Waals surface area contributed by atoms with Crippen molar-refractivity contribution in [2.45, 2.75) is 25.9 Å². The number of aromatic amines is 1. The van der Waals surface area contributed by atoms with Gasteiger partial charge in [-0.05, 0) is 37.1 Å². The first-order chi connectivity index (χ1) is 11.3. The van der Waals surface area contributed by atoms with E-state index in [-0.39, 0.29) is 0 Å². The summed E-state index contributed by atoms with van der Waals surface area (Å²) in [4.78, 5) is 2.53. The van der Waals surface area contributed by atoms with Gasteiger partial charge in [-0.2, -0.15) is 5.10 Å². The molecule has 3 aromatic rings. The van der Waals surface area contributed by atoms with Gasteiger partial charge in [-0.3, -0.25) is 10.00 Å². The quantitative estimate of drug-likeness (QED) is 0.774. The van der Waals surface area contributed by atoms with Crippen LogP contribution in [0.5, 0.6) is 0 Å². The predicted octanol–water partition coefficient (Wildman–Crippen LogP) is 3.56. The molecule has 1 aliphatic heterocycles. The monoisotopic (exact) mass is 306 g/mol. The molecule has 1 aromatic heterocycles. The van der Waals surface area contributed by atoms with E-state index in [4.69, 9.17) is 0 Å². The molecule has 1 fully saturated rings. The summed E-state index contributed by atoms with van der Waals surface area (Å²) in [5.41, 5.74) is 4.99. The molecule has 0 amide bonds. The highest BCUT2D eigenvalue weighted by Crippen LogP contribution is 2.21. The van der Waals surface area contributed by atoms with Gasteiger partial charge in [-0.1, -0.05) is 29.8 Å². The van der Waals surface area contributed by atoms with Crippen molar-refractivity contribution in [1.82, 2.24) is 15.1 Å². The standard InChI is InChI=1S/C19H22N4/c1-14-2-4-15(5-3-14)12-23-9-8-18(13-23)21-17-6-7-19-16(10-17)11-20-22-19/h2-7,10-11,18,21H,8-9,12-13H2,1H3,(H,20,22)/t18-/m1/s1. The summed E-state index contributed by atoms with van der Waals surface area (Å²) in [6.07, 6.45) is 3.06. The minimum absolute atomic E-state index is 0.518. The van der Waals surface area contributed by atoms with Crippen LogP contribution in [0.3, 0.4) is 0 Å². The second kappa shape index (κ2) is 6.05. The SMILES string of the molecule is Cc1ccc(CN2CC[C@@H](Nc3ccc4[nH]ncc4c3)C2)cc1. The summed E-state index contributed by atoms with van der Waals surface area (Å²) >= 11 is 0. The summed E-state index contributed by atoms with van der Waals surface area (Å²) in [5.74, 6) is 0. The Labute approximate surface area is 136 Å². The number of aryl methyl sites for hydroxylation is 1. The number of rotatable bonds is 4. The maximum absolute atomic E-state index is 4.08. The van der Waals surface area contributed by atoms with E-state index in [2.05, 4.69) is 69.8 Å². The van der Waals surface area contributed by atoms with E-state index >= 15 is 0 Å². The van der Waals surface area contributed by atoms with Crippen LogP contribution in [0.2, 0.25) is 0 Å². The number of hydrogen-bond acceptors (Lipinski definition) is 3. The molecule has 1 saturated heterocycles. The first-order valence-electron chi connectivity index (χ1n) is 8.24. The van der Waals surface area contributed by atoms with Crippen LogP contribution in [0.4, 0.5) is 5.69 Å². The van der Waals surface area contributed by atoms with E-state index < -0.39 is 0 Å². The lowest BCUT2D eigenvalue weighted by atomic mass is 10.1. The topological polar surface area (TPSA) is 44.0 Å². The maximum Gasteiger partial charge on any atom is 0.0651 e. The van der Waals surface area contributed by atoms with Crippen molar-refractivity contribution in [3.63, 3.8) is 0 Å². The molecule has 0 spiro atoms. The summed E-state index contributed by atoms with van der Waals surface area (Å²) in [5, 5.41) is 11.9. The molecule has 4 rings (SSSR count). The van der Waals surface area contributed by atoms with Crippen LogP contribution >= 0.6 is 0 Å². The number of fused-ring (bicyclic) bond motifs is 1. The normalized spacial score (nSPS) is 18.6. The predicted molar refractivity (Wildman–Crippen MR) is 94.6 cm³/mol. The van der Waals surface area contributed by atoms with Crippen LogP contribution in [0.15, 0.2) is 48.7 Å². The molecule has 4 heteroatoms. The van der Waals surface area contributed by atoms with E-state index in [1.807, 2.05) is 6.20 Å². The molecule has 0 saturated carbocycles. The number of nitrogens with zero attached hydrogens (tertiary/aromatic N) is 2. The number of hydrogen-bond donors (Lipinski definition) is 2. The summed E-state index contributed by atoms with van der Waals surface area (Å²) in [6, 6.07) is 15.8. The highest BCUT2D eigenvalue weighted by Gasteiger charge is 2.22. The van der Waals surface area contributed by atoms with E-state index in [0.717, 1.165) is 30.5 Å². The maximum atomic E-state index is 4.08. The molecule has 0 bridgehead atoms. The number of benzene rings is 2. The van der Waals surface area contributed by atoms with Crippen molar-refractivity contribution in [2.24, 2.45) is 0 Å². The van der Waals surface area contributed by atoms with Crippen molar-refractivity contribution < 1.29 is 0 Å². The van der Waals surface area contributed by atoms with Crippen LogP contribution in [-0.2, 0) is 6.54 Å². The van der Waals surface area contributed by atoms with Crippen LogP contribution in [0, 0.1) is 6.92 Å². The lowest BCUT2D eigenvalue weighted by Crippen LogP contribution is -2.25. The van der Waals surface area contributed by atoms with Gasteiger partial charge in [0.05, 0.1) is 11.7 Å². The fourth-order valence-electron chi connectivity index (χ4n) is 3.31. The van der Waals surface area contributed by atoms with Crippen molar-refractivity contribution in [1.29, 1.82) is 0 Å². The third-order valence-corrected chi connectivity index (χ3v) is 4.61. The molecule has 2 N–H and O–H groups in total. The Kier molecular flexibility index (Phi) is 3.75. The Morgan fingerprint density at radius 1 is 1.22 bits per heavy atom. The van der Waals surface area contributed by atoms with Crippen LogP contribution in [0.25, 0.3) is 10.9 Å². The molecule has 1 aliphatic rings. The van der Waals surface area contributed by atoms with Gasteiger partial charge in [0.2, 0.25) is 0 Å². The van der Waals surface area contributed by atoms with Gasteiger partial charge < -0.3 is 5.32 Å². The van der Waals surface area contributed by atoms with E-state index in [9.17, 15) is 0 Å². The Morgan fingerprint density at radius 2 is 2.09 bits per heavy atom. The molecule has 0 radical (unpaired) electrons. The highest BCUT2D eigenvalue weighted by atomic mass is 15.2. The smallest absolute Gasteiger partial charge is 0.0651 e. The lowest BCUT2D eigenvalue weighted by Gasteiger charge is -2.17. The second-order valence-electron chi connectivity index (χ2n) is 6.52. The van der Waals surface area contributed by atoms with E-state index in [0.29, 0.717) is 6.04 Å². The minimum Gasteiger partial charge on any atom is -0.381 e. The first-order valence-corrected chi connectivity index (χ1v) is 8.24. The molecule has 1 atom stereocenters. The molecule has 0 aliphatic carbocycles. The number of anilines is 1. The molecular weight excluding hydrogens is 284 g/mol. The molecular formula is C19H22N4. The Morgan fingerprint density at radius 3 is 2.96 bits per heavy atom. The zero-order valence-electron chi connectivity index (χ0n) is 13.4. The summed E-state index contributed by atoms with van der Waals surface area (Å²) in [6.45, 7) is 5.42. The van der Waals surface area contributed by atoms with Crippen LogP contribution < -0.4 is 5.32 Å². The van der Waals surface area contributed by atoms with Crippen molar-refractivity contribution in [2.75, 3.05) is 18.4 Å². The second-order valence-corrected chi connectivity index (χ2v) is 6.52. The Bertz CT molecular complexity index is 790. The third kappa shape index (κ3) is 3.22. The molecule has 2 heterocycles. The zero-order chi connectivity index (χ0) is 15.6. The Hall–Kier alpha value is -2.33. The van der Waals surface area contributed by atoms with Crippen molar-refractivity contribution in [3.8, 4) is 0 Å². The van der Waals surface area contributed by atoms with Crippen molar-refractivity contribution >= 4 is 16.6 Å². The van der Waals surface area contributed by atoms with Gasteiger partial charge in [0.1, 0.15) is 0 Å². The van der Waals surface area contributed by atoms with Gasteiger partial charge in [-0.25, -0.2) is 0 Å². The Balaban J connectivity index is 1.37. The first kappa shape index (κ1) is 14.3. The molecule has 2 aromatic carbocycles. The third-order valence-electron chi connectivity index (χ3n) is 4.61. The summed E-state index contributed by atoms with van der Waals surface area (Å²) < 4.78 is 0. The largest absolute Gasteiger partial charge is 0.381 e. The number of aromatic nitrogens is 2. The highest BCUT2D eigenvalue weighted by molar-refractivity contribution is 5.81. The number of likely N-dealkylation sites (tertiary alicyclic amines) is 1. The van der Waals surface area contributed by atoms with E-state index in [1.165, 1.54) is 23.2 Å². The molecule has 23 heavy (non-hydrogen) atoms. The molecule has 118 valence electrons. The fraction of sp³-hybridized carbons (Fsp3) is 0.316. The average molecular weight is 306 g/mol. The van der Waals surface area contributed by atoms with Crippen LogP contribution in [-0.4, -0.2) is 34.2 Å². The van der Waals surface area contributed by atoms with Gasteiger partial charge in [0, 0.05) is 36.7 Å². The fourth-order valence-corrected chi connectivity index (χ4v) is 3.31. The van der Waals surface area contributed by atoms with Gasteiger partial charge in [0.25, 0.3) is 0 Å². The average Bonchev–Trinajstić information content (AvgIpc) is 3.18. The lowest BCUT2D eigenvalue weighted by molar-refractivity contribution is 0.328. The number of nitrogens with one attached hydrogen (secondary N) is 2. The minimum atomic E-state index is 0.518. The van der Waals surface area contributed by atoms with Crippen LogP contribution in [0.1, 0.15) is 17.5 Å². The zero-order valence-corrected chi connectivity index (χ0v) is 13.4. The van der Waals surface area contributed by atoms with Gasteiger partial charge in [0.15, 0.2) is 0 Å². The van der Waals surface area contributed by atoms with Gasteiger partial charge in [-0.15, -0.1) is 0 Å². The molecule has 0 unspecified atom stereocenters. The number of H-pyrrole nitrogens is 1.